The maximum Gasteiger partial charge on any atom is 0.341 e. The highest BCUT2D eigenvalue weighted by atomic mass is 16.5. The van der Waals surface area contributed by atoms with Gasteiger partial charge in [-0.3, -0.25) is 0 Å². The molecule has 2 aromatic rings. The number of allylic oxidation sites excluding steroid dienone is 1. The van der Waals surface area contributed by atoms with Gasteiger partial charge in [0.2, 0.25) is 0 Å². The van der Waals surface area contributed by atoms with Crippen molar-refractivity contribution in [3.05, 3.63) is 59.1 Å². The smallest absolute Gasteiger partial charge is 0.341 e. The Kier molecular flexibility index (Phi) is 6.87. The number of methoxy groups -OCH3 is 1. The fourth-order valence-corrected chi connectivity index (χ4v) is 2.61. The molecule has 0 fully saturated rings. The molecule has 0 unspecified atom stereocenters. The van der Waals surface area contributed by atoms with Gasteiger partial charge in [-0.15, -0.1) is 0 Å². The van der Waals surface area contributed by atoms with Crippen LogP contribution >= 0.6 is 0 Å². The first kappa shape index (κ1) is 18.8. The Hall–Kier alpha value is -2.49. The third kappa shape index (κ3) is 4.75. The molecule has 0 amide bonds. The largest absolute Gasteiger partial charge is 0.497 e. The minimum absolute atomic E-state index is 0.344. The Labute approximate surface area is 149 Å². The summed E-state index contributed by atoms with van der Waals surface area (Å²) in [6, 6.07) is 9.61. The first-order valence-corrected chi connectivity index (χ1v) is 8.73. The molecule has 1 heterocycles. The number of esters is 1. The van der Waals surface area contributed by atoms with E-state index in [1.807, 2.05) is 24.3 Å². The molecule has 0 saturated heterocycles. The summed E-state index contributed by atoms with van der Waals surface area (Å²) in [7, 11) is 1.65. The van der Waals surface area contributed by atoms with E-state index < -0.39 is 0 Å². The molecule has 0 atom stereocenters. The lowest BCUT2D eigenvalue weighted by atomic mass is 10.0. The van der Waals surface area contributed by atoms with Crippen LogP contribution < -0.4 is 4.74 Å². The minimum atomic E-state index is -0.349. The molecular formula is C21H26O4. The van der Waals surface area contributed by atoms with Gasteiger partial charge in [0.1, 0.15) is 22.8 Å². The third-order valence-corrected chi connectivity index (χ3v) is 3.99. The van der Waals surface area contributed by atoms with Crippen LogP contribution in [0.5, 0.6) is 5.75 Å². The molecular weight excluding hydrogens is 316 g/mol. The maximum absolute atomic E-state index is 12.1. The lowest BCUT2D eigenvalue weighted by Crippen LogP contribution is -2.04. The zero-order valence-corrected chi connectivity index (χ0v) is 15.4. The van der Waals surface area contributed by atoms with Crippen LogP contribution in [0.2, 0.25) is 0 Å². The van der Waals surface area contributed by atoms with E-state index in [0.717, 1.165) is 36.1 Å². The summed E-state index contributed by atoms with van der Waals surface area (Å²) in [5.74, 6) is 1.71. The highest BCUT2D eigenvalue weighted by Gasteiger charge is 2.19. The summed E-state index contributed by atoms with van der Waals surface area (Å²) in [6.45, 7) is 6.09. The van der Waals surface area contributed by atoms with Crippen LogP contribution in [0.15, 0.2) is 40.8 Å². The Balaban J connectivity index is 2.40. The normalized spacial score (nSPS) is 11.4. The Morgan fingerprint density at radius 3 is 2.52 bits per heavy atom. The standard InChI is InChI=1S/C21H26O4/c1-5-7-8-9-18(16-10-12-17(23-4)13-11-16)20-14-19(15(3)25-20)21(22)24-6-2/h9-14H,5-8H2,1-4H3/b18-9-. The number of ether oxygens (including phenoxy) is 2. The van der Waals surface area contributed by atoms with Gasteiger partial charge in [-0.25, -0.2) is 4.79 Å². The first-order chi connectivity index (χ1) is 12.1. The zero-order chi connectivity index (χ0) is 18.2. The number of hydrogen-bond acceptors (Lipinski definition) is 4. The van der Waals surface area contributed by atoms with Gasteiger partial charge in [-0.1, -0.05) is 38.0 Å². The summed E-state index contributed by atoms with van der Waals surface area (Å²) < 4.78 is 16.2. The monoisotopic (exact) mass is 342 g/mol. The van der Waals surface area contributed by atoms with Crippen LogP contribution in [0.4, 0.5) is 0 Å². The van der Waals surface area contributed by atoms with E-state index in [9.17, 15) is 4.79 Å². The van der Waals surface area contributed by atoms with Gasteiger partial charge in [-0.05, 0) is 44.0 Å². The minimum Gasteiger partial charge on any atom is -0.497 e. The molecule has 0 aliphatic heterocycles. The Morgan fingerprint density at radius 2 is 1.92 bits per heavy atom. The molecule has 4 heteroatoms. The molecule has 0 spiro atoms. The van der Waals surface area contributed by atoms with Crippen molar-refractivity contribution in [1.82, 2.24) is 0 Å². The zero-order valence-electron chi connectivity index (χ0n) is 15.4. The quantitative estimate of drug-likeness (QED) is 0.476. The fourth-order valence-electron chi connectivity index (χ4n) is 2.61. The summed E-state index contributed by atoms with van der Waals surface area (Å²) in [4.78, 5) is 12.1. The molecule has 2 rings (SSSR count). The van der Waals surface area contributed by atoms with Gasteiger partial charge in [0.05, 0.1) is 13.7 Å². The van der Waals surface area contributed by atoms with Crippen molar-refractivity contribution in [1.29, 1.82) is 0 Å². The average molecular weight is 342 g/mol. The van der Waals surface area contributed by atoms with E-state index in [1.54, 1.807) is 27.0 Å². The summed E-state index contributed by atoms with van der Waals surface area (Å²) in [5.41, 5.74) is 2.49. The predicted octanol–water partition coefficient (Wildman–Crippen LogP) is 5.40. The molecule has 1 aromatic heterocycles. The van der Waals surface area contributed by atoms with Crippen LogP contribution in [-0.4, -0.2) is 19.7 Å². The number of unbranched alkanes of at least 4 members (excludes halogenated alkanes) is 2. The second kappa shape index (κ2) is 9.11. The van der Waals surface area contributed by atoms with Crippen molar-refractivity contribution in [3.63, 3.8) is 0 Å². The summed E-state index contributed by atoms with van der Waals surface area (Å²) in [5, 5.41) is 0. The second-order valence-corrected chi connectivity index (χ2v) is 5.79. The van der Waals surface area contributed by atoms with Gasteiger partial charge >= 0.3 is 5.97 Å². The van der Waals surface area contributed by atoms with Gasteiger partial charge in [-0.2, -0.15) is 0 Å². The number of carbonyl (C=O) groups is 1. The van der Waals surface area contributed by atoms with E-state index in [0.29, 0.717) is 23.7 Å². The Morgan fingerprint density at radius 1 is 1.20 bits per heavy atom. The van der Waals surface area contributed by atoms with Crippen molar-refractivity contribution >= 4 is 11.5 Å². The molecule has 4 nitrogen and oxygen atoms in total. The van der Waals surface area contributed by atoms with Crippen molar-refractivity contribution in [2.24, 2.45) is 0 Å². The van der Waals surface area contributed by atoms with E-state index >= 15 is 0 Å². The molecule has 25 heavy (non-hydrogen) atoms. The topological polar surface area (TPSA) is 48.7 Å². The van der Waals surface area contributed by atoms with Crippen LogP contribution in [0.1, 0.15) is 60.6 Å². The molecule has 0 N–H and O–H groups in total. The number of furan rings is 1. The molecule has 0 radical (unpaired) electrons. The third-order valence-electron chi connectivity index (χ3n) is 3.99. The van der Waals surface area contributed by atoms with Crippen molar-refractivity contribution in [2.75, 3.05) is 13.7 Å². The van der Waals surface area contributed by atoms with Gasteiger partial charge < -0.3 is 13.9 Å². The summed E-state index contributed by atoms with van der Waals surface area (Å²) >= 11 is 0. The van der Waals surface area contributed by atoms with Gasteiger partial charge in [0, 0.05) is 5.57 Å². The van der Waals surface area contributed by atoms with Crippen molar-refractivity contribution in [2.45, 2.75) is 40.0 Å². The Bertz CT molecular complexity index is 723. The molecule has 1 aromatic carbocycles. The van der Waals surface area contributed by atoms with Crippen LogP contribution in [-0.2, 0) is 4.74 Å². The lowest BCUT2D eigenvalue weighted by molar-refractivity contribution is 0.0524. The first-order valence-electron chi connectivity index (χ1n) is 8.73. The maximum atomic E-state index is 12.1. The SMILES string of the molecule is CCCC/C=C(/c1ccc(OC)cc1)c1cc(C(=O)OCC)c(C)o1. The van der Waals surface area contributed by atoms with Crippen molar-refractivity contribution < 1.29 is 18.7 Å². The van der Waals surface area contributed by atoms with Crippen molar-refractivity contribution in [3.8, 4) is 5.75 Å². The number of carbonyl (C=O) groups excluding carboxylic acids is 1. The van der Waals surface area contributed by atoms with E-state index in [-0.39, 0.29) is 5.97 Å². The van der Waals surface area contributed by atoms with E-state index in [2.05, 4.69) is 13.0 Å². The molecule has 0 aliphatic carbocycles. The summed E-state index contributed by atoms with van der Waals surface area (Å²) in [6.07, 6.45) is 5.34. The van der Waals surface area contributed by atoms with E-state index in [1.165, 1.54) is 0 Å². The van der Waals surface area contributed by atoms with Gasteiger partial charge in [0.15, 0.2) is 0 Å². The number of rotatable bonds is 8. The highest BCUT2D eigenvalue weighted by Crippen LogP contribution is 2.30. The molecule has 0 bridgehead atoms. The molecule has 134 valence electrons. The highest BCUT2D eigenvalue weighted by molar-refractivity contribution is 5.92. The van der Waals surface area contributed by atoms with Crippen LogP contribution in [0.3, 0.4) is 0 Å². The number of benzene rings is 1. The van der Waals surface area contributed by atoms with Crippen LogP contribution in [0.25, 0.3) is 5.57 Å². The van der Waals surface area contributed by atoms with Crippen LogP contribution in [0, 0.1) is 6.92 Å². The molecule has 0 saturated carbocycles. The average Bonchev–Trinajstić information content (AvgIpc) is 3.01. The lowest BCUT2D eigenvalue weighted by Gasteiger charge is -2.07. The van der Waals surface area contributed by atoms with Gasteiger partial charge in [0.25, 0.3) is 0 Å². The predicted molar refractivity (Wildman–Crippen MR) is 99.0 cm³/mol. The van der Waals surface area contributed by atoms with E-state index in [4.69, 9.17) is 13.9 Å². The molecule has 0 aliphatic rings. The number of hydrogen-bond donors (Lipinski definition) is 0. The number of aryl methyl sites for hydroxylation is 1. The second-order valence-electron chi connectivity index (χ2n) is 5.79. The fraction of sp³-hybridized carbons (Fsp3) is 0.381.